The first kappa shape index (κ1) is 17.5. The zero-order valence-corrected chi connectivity index (χ0v) is 13.6. The van der Waals surface area contributed by atoms with Crippen LogP contribution in [0.1, 0.15) is 32.4 Å². The van der Waals surface area contributed by atoms with E-state index in [-0.39, 0.29) is 0 Å². The van der Waals surface area contributed by atoms with E-state index in [1.165, 1.54) is 0 Å². The summed E-state index contributed by atoms with van der Waals surface area (Å²) in [4.78, 5) is 25.2. The van der Waals surface area contributed by atoms with Crippen molar-refractivity contribution >= 4 is 11.8 Å². The predicted octanol–water partition coefficient (Wildman–Crippen LogP) is 4.75. The number of rotatable bonds is 5. The van der Waals surface area contributed by atoms with Crippen LogP contribution >= 0.6 is 0 Å². The summed E-state index contributed by atoms with van der Waals surface area (Å²) in [6.45, 7) is 0. The molecule has 0 N–H and O–H groups in total. The van der Waals surface area contributed by atoms with E-state index < -0.39 is 35.1 Å². The average Bonchev–Trinajstić information content (AvgIpc) is 2.67. The van der Waals surface area contributed by atoms with E-state index in [1.807, 2.05) is 0 Å². The van der Waals surface area contributed by atoms with E-state index in [0.29, 0.717) is 17.2 Å². The van der Waals surface area contributed by atoms with Gasteiger partial charge in [-0.25, -0.2) is 13.6 Å². The fourth-order valence-electron chi connectivity index (χ4n) is 2.48. The fraction of sp³-hybridized carbons (Fsp3) is 0.0476. The molecule has 0 aromatic heterocycles. The minimum Gasteiger partial charge on any atom is -0.445 e. The highest BCUT2D eigenvalue weighted by Gasteiger charge is 2.27. The summed E-state index contributed by atoms with van der Waals surface area (Å²) < 4.78 is 32.2. The molecule has 3 nitrogen and oxygen atoms in total. The van der Waals surface area contributed by atoms with Crippen molar-refractivity contribution in [3.63, 3.8) is 0 Å². The standard InChI is InChI=1S/C21H14F2O3/c22-16-11-12-17(18(23)13-16)21(25)26-20(15-9-5-2-6-10-15)19(24)14-7-3-1-4-8-14/h1-13,20H/t20-/m0/s1. The molecule has 0 spiro atoms. The molecule has 0 amide bonds. The third-order valence-electron chi connectivity index (χ3n) is 3.77. The van der Waals surface area contributed by atoms with Crippen molar-refractivity contribution < 1.29 is 23.1 Å². The molecule has 3 rings (SSSR count). The summed E-state index contributed by atoms with van der Waals surface area (Å²) in [5.74, 6) is -3.33. The number of benzene rings is 3. The maximum Gasteiger partial charge on any atom is 0.342 e. The van der Waals surface area contributed by atoms with Crippen LogP contribution < -0.4 is 0 Å². The second kappa shape index (κ2) is 7.70. The van der Waals surface area contributed by atoms with Crippen LogP contribution in [0.15, 0.2) is 78.9 Å². The van der Waals surface area contributed by atoms with E-state index >= 15 is 0 Å². The zero-order chi connectivity index (χ0) is 18.5. The largest absolute Gasteiger partial charge is 0.445 e. The molecule has 0 fully saturated rings. The van der Waals surface area contributed by atoms with Gasteiger partial charge >= 0.3 is 5.97 Å². The molecule has 0 aliphatic heterocycles. The maximum atomic E-state index is 13.9. The number of Topliss-reactive ketones (excluding diaryl/α,β-unsaturated/α-hetero) is 1. The molecule has 130 valence electrons. The van der Waals surface area contributed by atoms with Crippen LogP contribution in [0.3, 0.4) is 0 Å². The van der Waals surface area contributed by atoms with Crippen molar-refractivity contribution in [3.05, 3.63) is 107 Å². The van der Waals surface area contributed by atoms with E-state index in [9.17, 15) is 18.4 Å². The van der Waals surface area contributed by atoms with Gasteiger partial charge in [-0.1, -0.05) is 60.7 Å². The molecular weight excluding hydrogens is 338 g/mol. The lowest BCUT2D eigenvalue weighted by Gasteiger charge is -2.17. The summed E-state index contributed by atoms with van der Waals surface area (Å²) >= 11 is 0. The van der Waals surface area contributed by atoms with E-state index in [1.54, 1.807) is 60.7 Å². The van der Waals surface area contributed by atoms with Crippen LogP contribution in [0.25, 0.3) is 0 Å². The first-order valence-corrected chi connectivity index (χ1v) is 7.86. The Morgan fingerprint density at radius 2 is 1.42 bits per heavy atom. The Morgan fingerprint density at radius 3 is 2.04 bits per heavy atom. The Balaban J connectivity index is 1.94. The van der Waals surface area contributed by atoms with Gasteiger partial charge in [0.25, 0.3) is 0 Å². The highest BCUT2D eigenvalue weighted by atomic mass is 19.1. The Morgan fingerprint density at radius 1 is 0.808 bits per heavy atom. The number of carbonyl (C=O) groups excluding carboxylic acids is 2. The number of hydrogen-bond acceptors (Lipinski definition) is 3. The summed E-state index contributed by atoms with van der Waals surface area (Å²) in [7, 11) is 0. The molecule has 0 saturated heterocycles. The van der Waals surface area contributed by atoms with E-state index in [2.05, 4.69) is 0 Å². The lowest BCUT2D eigenvalue weighted by Crippen LogP contribution is -2.21. The number of ketones is 1. The van der Waals surface area contributed by atoms with Crippen LogP contribution in [0.2, 0.25) is 0 Å². The number of ether oxygens (including phenoxy) is 1. The SMILES string of the molecule is O=C(O[C@H](C(=O)c1ccccc1)c1ccccc1)c1ccc(F)cc1F. The molecule has 0 heterocycles. The molecule has 3 aromatic carbocycles. The van der Waals surface area contributed by atoms with E-state index in [0.717, 1.165) is 12.1 Å². The molecule has 0 aliphatic rings. The second-order valence-corrected chi connectivity index (χ2v) is 5.55. The topological polar surface area (TPSA) is 43.4 Å². The molecule has 5 heteroatoms. The van der Waals surface area contributed by atoms with Gasteiger partial charge in [0.2, 0.25) is 5.78 Å². The number of hydrogen-bond donors (Lipinski definition) is 0. The Kier molecular flexibility index (Phi) is 5.17. The van der Waals surface area contributed by atoms with Gasteiger partial charge in [0.1, 0.15) is 11.6 Å². The highest BCUT2D eigenvalue weighted by molar-refractivity contribution is 6.02. The molecule has 0 radical (unpaired) electrons. The van der Waals surface area contributed by atoms with Crippen LogP contribution in [0.5, 0.6) is 0 Å². The van der Waals surface area contributed by atoms with Crippen molar-refractivity contribution in [1.29, 1.82) is 0 Å². The molecule has 3 aromatic rings. The van der Waals surface area contributed by atoms with Gasteiger partial charge in [0, 0.05) is 17.2 Å². The molecule has 0 aliphatic carbocycles. The minimum absolute atomic E-state index is 0.355. The third kappa shape index (κ3) is 3.83. The normalized spacial score (nSPS) is 11.6. The predicted molar refractivity (Wildman–Crippen MR) is 91.7 cm³/mol. The number of halogens is 2. The molecule has 0 bridgehead atoms. The van der Waals surface area contributed by atoms with Crippen LogP contribution in [0, 0.1) is 11.6 Å². The lowest BCUT2D eigenvalue weighted by molar-refractivity contribution is 0.0275. The average molecular weight is 352 g/mol. The quantitative estimate of drug-likeness (QED) is 0.492. The minimum atomic E-state index is -1.24. The van der Waals surface area contributed by atoms with Gasteiger partial charge in [-0.2, -0.15) is 0 Å². The lowest BCUT2D eigenvalue weighted by atomic mass is 9.99. The van der Waals surface area contributed by atoms with Gasteiger partial charge in [0.15, 0.2) is 6.10 Å². The Hall–Kier alpha value is -3.34. The van der Waals surface area contributed by atoms with Crippen molar-refractivity contribution in [1.82, 2.24) is 0 Å². The Bertz CT molecular complexity index is 925. The molecule has 26 heavy (non-hydrogen) atoms. The maximum absolute atomic E-state index is 13.9. The highest BCUT2D eigenvalue weighted by Crippen LogP contribution is 2.24. The van der Waals surface area contributed by atoms with Crippen molar-refractivity contribution in [2.75, 3.05) is 0 Å². The van der Waals surface area contributed by atoms with Crippen LogP contribution in [-0.4, -0.2) is 11.8 Å². The number of carbonyl (C=O) groups is 2. The van der Waals surface area contributed by atoms with Gasteiger partial charge in [-0.3, -0.25) is 4.79 Å². The molecule has 0 unspecified atom stereocenters. The van der Waals surface area contributed by atoms with Crippen molar-refractivity contribution in [2.45, 2.75) is 6.10 Å². The van der Waals surface area contributed by atoms with E-state index in [4.69, 9.17) is 4.74 Å². The van der Waals surface area contributed by atoms with Crippen LogP contribution in [-0.2, 0) is 4.74 Å². The first-order chi connectivity index (χ1) is 12.6. The summed E-state index contributed by atoms with van der Waals surface area (Å²) in [5.41, 5.74) is 0.374. The Labute approximate surface area is 148 Å². The molecule has 1 atom stereocenters. The number of esters is 1. The van der Waals surface area contributed by atoms with Gasteiger partial charge < -0.3 is 4.74 Å². The molecule has 0 saturated carbocycles. The van der Waals surface area contributed by atoms with Gasteiger partial charge in [-0.15, -0.1) is 0 Å². The smallest absolute Gasteiger partial charge is 0.342 e. The zero-order valence-electron chi connectivity index (χ0n) is 13.6. The van der Waals surface area contributed by atoms with Crippen LogP contribution in [0.4, 0.5) is 8.78 Å². The van der Waals surface area contributed by atoms with Gasteiger partial charge in [0.05, 0.1) is 5.56 Å². The first-order valence-electron chi connectivity index (χ1n) is 7.86. The van der Waals surface area contributed by atoms with Crippen molar-refractivity contribution in [2.24, 2.45) is 0 Å². The summed E-state index contributed by atoms with van der Waals surface area (Å²) in [5, 5.41) is 0. The molecular formula is C21H14F2O3. The fourth-order valence-corrected chi connectivity index (χ4v) is 2.48. The third-order valence-corrected chi connectivity index (χ3v) is 3.77. The second-order valence-electron chi connectivity index (χ2n) is 5.55. The summed E-state index contributed by atoms with van der Waals surface area (Å²) in [6.07, 6.45) is -1.24. The van der Waals surface area contributed by atoms with Gasteiger partial charge in [-0.05, 0) is 12.1 Å². The van der Waals surface area contributed by atoms with Crippen molar-refractivity contribution in [3.8, 4) is 0 Å². The summed E-state index contributed by atoms with van der Waals surface area (Å²) in [6, 6.07) is 19.3. The monoisotopic (exact) mass is 352 g/mol.